The van der Waals surface area contributed by atoms with Gasteiger partial charge >= 0.3 is 0 Å². The Balaban J connectivity index is 2.20. The lowest BCUT2D eigenvalue weighted by atomic mass is 9.96. The van der Waals surface area contributed by atoms with Crippen molar-refractivity contribution in [3.05, 3.63) is 69.5 Å². The van der Waals surface area contributed by atoms with Crippen LogP contribution >= 0.6 is 11.6 Å². The summed E-state index contributed by atoms with van der Waals surface area (Å²) in [6.07, 6.45) is 0.599. The number of nitrogens with two attached hydrogens (primary N) is 1. The van der Waals surface area contributed by atoms with Crippen molar-refractivity contribution in [3.8, 4) is 0 Å². The molecule has 1 unspecified atom stereocenters. The largest absolute Gasteiger partial charge is 0.324 e. The maximum Gasteiger partial charge on any atom is 0.124 e. The minimum atomic E-state index is -0.325. The van der Waals surface area contributed by atoms with Gasteiger partial charge in [-0.3, -0.25) is 0 Å². The number of rotatable bonds is 3. The molecule has 2 rings (SSSR count). The molecule has 0 aliphatic carbocycles. The Labute approximate surface area is 118 Å². The van der Waals surface area contributed by atoms with Crippen LogP contribution in [0.25, 0.3) is 0 Å². The Kier molecular flexibility index (Phi) is 4.23. The molecular formula is C16H17ClFN. The highest BCUT2D eigenvalue weighted by Crippen LogP contribution is 2.24. The van der Waals surface area contributed by atoms with Crippen LogP contribution in [0.2, 0.25) is 5.02 Å². The molecule has 19 heavy (non-hydrogen) atoms. The molecule has 0 spiro atoms. The van der Waals surface area contributed by atoms with Gasteiger partial charge in [0.2, 0.25) is 0 Å². The molecule has 3 heteroatoms. The first-order chi connectivity index (χ1) is 8.97. The lowest BCUT2D eigenvalue weighted by molar-refractivity contribution is 0.625. The predicted molar refractivity (Wildman–Crippen MR) is 78.0 cm³/mol. The number of halogens is 2. The molecular weight excluding hydrogens is 261 g/mol. The van der Waals surface area contributed by atoms with E-state index in [0.29, 0.717) is 11.4 Å². The van der Waals surface area contributed by atoms with Crippen molar-refractivity contribution in [2.24, 2.45) is 5.73 Å². The number of benzene rings is 2. The fourth-order valence-electron chi connectivity index (χ4n) is 2.04. The van der Waals surface area contributed by atoms with E-state index in [4.69, 9.17) is 17.3 Å². The van der Waals surface area contributed by atoms with E-state index in [1.165, 1.54) is 23.3 Å². The summed E-state index contributed by atoms with van der Waals surface area (Å²) in [5, 5.41) is 0.430. The van der Waals surface area contributed by atoms with Crippen LogP contribution in [0.15, 0.2) is 36.4 Å². The number of hydrogen-bond donors (Lipinski definition) is 1. The van der Waals surface area contributed by atoms with Gasteiger partial charge in [0.05, 0.1) is 0 Å². The highest BCUT2D eigenvalue weighted by Gasteiger charge is 2.11. The van der Waals surface area contributed by atoms with Crippen molar-refractivity contribution in [1.29, 1.82) is 0 Å². The Morgan fingerprint density at radius 1 is 1.11 bits per heavy atom. The quantitative estimate of drug-likeness (QED) is 0.887. The van der Waals surface area contributed by atoms with E-state index in [0.717, 1.165) is 11.1 Å². The standard InChI is InChI=1S/C16H17ClFN/c1-10-3-4-13(7-11(10)2)16(19)8-12-5-6-14(18)9-15(12)17/h3-7,9,16H,8,19H2,1-2H3. The third kappa shape index (κ3) is 3.34. The molecule has 2 aromatic rings. The molecule has 0 aromatic heterocycles. The summed E-state index contributed by atoms with van der Waals surface area (Å²) in [6, 6.07) is 10.5. The molecule has 0 bridgehead atoms. The molecule has 0 saturated carbocycles. The maximum atomic E-state index is 13.0. The van der Waals surface area contributed by atoms with Crippen molar-refractivity contribution < 1.29 is 4.39 Å². The molecule has 0 aliphatic heterocycles. The molecule has 0 amide bonds. The van der Waals surface area contributed by atoms with Crippen LogP contribution in [0.3, 0.4) is 0 Å². The average Bonchev–Trinajstić information content (AvgIpc) is 2.36. The molecule has 2 aromatic carbocycles. The zero-order valence-corrected chi connectivity index (χ0v) is 11.8. The minimum absolute atomic E-state index is 0.137. The fourth-order valence-corrected chi connectivity index (χ4v) is 2.28. The predicted octanol–water partition coefficient (Wildman–Crippen LogP) is 4.34. The van der Waals surface area contributed by atoms with Crippen molar-refractivity contribution in [2.75, 3.05) is 0 Å². The van der Waals surface area contributed by atoms with Gasteiger partial charge in [0, 0.05) is 11.1 Å². The molecule has 1 atom stereocenters. The van der Waals surface area contributed by atoms with Gasteiger partial charge in [-0.15, -0.1) is 0 Å². The van der Waals surface area contributed by atoms with Gasteiger partial charge in [0.25, 0.3) is 0 Å². The van der Waals surface area contributed by atoms with Gasteiger partial charge < -0.3 is 5.73 Å². The first kappa shape index (κ1) is 14.0. The van der Waals surface area contributed by atoms with E-state index < -0.39 is 0 Å². The summed E-state index contributed by atoms with van der Waals surface area (Å²) in [5.74, 6) is -0.325. The smallest absolute Gasteiger partial charge is 0.124 e. The Hall–Kier alpha value is -1.38. The second-order valence-corrected chi connectivity index (χ2v) is 5.30. The molecule has 100 valence electrons. The van der Waals surface area contributed by atoms with Crippen LogP contribution in [0.5, 0.6) is 0 Å². The van der Waals surface area contributed by atoms with Crippen molar-refractivity contribution in [3.63, 3.8) is 0 Å². The van der Waals surface area contributed by atoms with Crippen LogP contribution in [0, 0.1) is 19.7 Å². The van der Waals surface area contributed by atoms with Gasteiger partial charge in [-0.25, -0.2) is 4.39 Å². The van der Waals surface area contributed by atoms with Crippen LogP contribution in [-0.4, -0.2) is 0 Å². The van der Waals surface area contributed by atoms with Gasteiger partial charge in [-0.2, -0.15) is 0 Å². The lowest BCUT2D eigenvalue weighted by Gasteiger charge is -2.14. The monoisotopic (exact) mass is 277 g/mol. The van der Waals surface area contributed by atoms with E-state index >= 15 is 0 Å². The molecule has 0 fully saturated rings. The number of hydrogen-bond acceptors (Lipinski definition) is 1. The van der Waals surface area contributed by atoms with Crippen LogP contribution in [-0.2, 0) is 6.42 Å². The fraction of sp³-hybridized carbons (Fsp3) is 0.250. The SMILES string of the molecule is Cc1ccc(C(N)Cc2ccc(F)cc2Cl)cc1C. The van der Waals surface area contributed by atoms with E-state index in [1.807, 2.05) is 6.07 Å². The zero-order valence-electron chi connectivity index (χ0n) is 11.1. The maximum absolute atomic E-state index is 13.0. The summed E-state index contributed by atoms with van der Waals surface area (Å²) >= 11 is 6.02. The van der Waals surface area contributed by atoms with Crippen molar-refractivity contribution in [2.45, 2.75) is 26.3 Å². The first-order valence-electron chi connectivity index (χ1n) is 6.24. The zero-order chi connectivity index (χ0) is 14.0. The van der Waals surface area contributed by atoms with Gasteiger partial charge in [-0.1, -0.05) is 35.9 Å². The summed E-state index contributed by atoms with van der Waals surface area (Å²) in [7, 11) is 0. The van der Waals surface area contributed by atoms with Gasteiger partial charge in [0.1, 0.15) is 5.82 Å². The molecule has 1 nitrogen and oxygen atoms in total. The van der Waals surface area contributed by atoms with E-state index in [2.05, 4.69) is 26.0 Å². The van der Waals surface area contributed by atoms with E-state index in [1.54, 1.807) is 6.07 Å². The highest BCUT2D eigenvalue weighted by atomic mass is 35.5. The minimum Gasteiger partial charge on any atom is -0.324 e. The summed E-state index contributed by atoms with van der Waals surface area (Å²) in [4.78, 5) is 0. The summed E-state index contributed by atoms with van der Waals surface area (Å²) in [6.45, 7) is 4.14. The van der Waals surface area contributed by atoms with E-state index in [-0.39, 0.29) is 11.9 Å². The second kappa shape index (κ2) is 5.72. The highest BCUT2D eigenvalue weighted by molar-refractivity contribution is 6.31. The van der Waals surface area contributed by atoms with Gasteiger partial charge in [-0.05, 0) is 54.7 Å². The second-order valence-electron chi connectivity index (χ2n) is 4.89. The topological polar surface area (TPSA) is 26.0 Å². The Morgan fingerprint density at radius 3 is 2.47 bits per heavy atom. The summed E-state index contributed by atoms with van der Waals surface area (Å²) < 4.78 is 13.0. The van der Waals surface area contributed by atoms with Crippen molar-refractivity contribution in [1.82, 2.24) is 0 Å². The normalized spacial score (nSPS) is 12.5. The van der Waals surface area contributed by atoms with Crippen LogP contribution in [0.4, 0.5) is 4.39 Å². The van der Waals surface area contributed by atoms with Crippen LogP contribution in [0.1, 0.15) is 28.3 Å². The Bertz CT molecular complexity index is 595. The lowest BCUT2D eigenvalue weighted by Crippen LogP contribution is -2.14. The Morgan fingerprint density at radius 2 is 1.84 bits per heavy atom. The first-order valence-corrected chi connectivity index (χ1v) is 6.62. The molecule has 2 N–H and O–H groups in total. The van der Waals surface area contributed by atoms with Crippen LogP contribution < -0.4 is 5.73 Å². The molecule has 0 radical (unpaired) electrons. The third-order valence-corrected chi connectivity index (χ3v) is 3.77. The van der Waals surface area contributed by atoms with Gasteiger partial charge in [0.15, 0.2) is 0 Å². The average molecular weight is 278 g/mol. The molecule has 0 saturated heterocycles. The van der Waals surface area contributed by atoms with E-state index in [9.17, 15) is 4.39 Å². The summed E-state index contributed by atoms with van der Waals surface area (Å²) in [5.41, 5.74) is 10.6. The number of aryl methyl sites for hydroxylation is 2. The third-order valence-electron chi connectivity index (χ3n) is 3.41. The molecule has 0 heterocycles. The van der Waals surface area contributed by atoms with Crippen molar-refractivity contribution >= 4 is 11.6 Å². The molecule has 0 aliphatic rings.